The van der Waals surface area contributed by atoms with Crippen molar-refractivity contribution in [2.24, 2.45) is 0 Å². The van der Waals surface area contributed by atoms with Gasteiger partial charge in [-0.25, -0.2) is 9.50 Å². The first-order valence-corrected chi connectivity index (χ1v) is 10.0. The van der Waals surface area contributed by atoms with Crippen molar-refractivity contribution in [2.45, 2.75) is 24.9 Å². The average Bonchev–Trinajstić information content (AvgIpc) is 3.17. The van der Waals surface area contributed by atoms with E-state index in [1.165, 1.54) is 12.1 Å². The Morgan fingerprint density at radius 3 is 2.30 bits per heavy atom. The second-order valence-corrected chi connectivity index (χ2v) is 7.63. The number of fused-ring (bicyclic) bond motifs is 1. The number of aliphatic hydroxyl groups is 3. The summed E-state index contributed by atoms with van der Waals surface area (Å²) in [6.45, 7) is 0.315. The van der Waals surface area contributed by atoms with Crippen molar-refractivity contribution in [1.82, 2.24) is 14.6 Å². The zero-order chi connectivity index (χ0) is 23.8. The quantitative estimate of drug-likeness (QED) is 0.330. The van der Waals surface area contributed by atoms with E-state index in [4.69, 9.17) is 5.11 Å². The number of anilines is 1. The lowest BCUT2D eigenvalue weighted by Crippen LogP contribution is -2.45. The molecule has 0 amide bonds. The van der Waals surface area contributed by atoms with Crippen molar-refractivity contribution < 1.29 is 28.5 Å². The summed E-state index contributed by atoms with van der Waals surface area (Å²) in [6, 6.07) is 17.5. The van der Waals surface area contributed by atoms with Crippen molar-refractivity contribution in [2.75, 3.05) is 11.9 Å². The van der Waals surface area contributed by atoms with Crippen molar-refractivity contribution in [3.63, 3.8) is 0 Å². The van der Waals surface area contributed by atoms with Gasteiger partial charge in [0, 0.05) is 23.3 Å². The third-order valence-corrected chi connectivity index (χ3v) is 5.31. The monoisotopic (exact) mass is 458 g/mol. The summed E-state index contributed by atoms with van der Waals surface area (Å²) in [7, 11) is 0. The smallest absolute Gasteiger partial charge is 0.393 e. The van der Waals surface area contributed by atoms with Gasteiger partial charge in [0.05, 0.1) is 18.0 Å². The van der Waals surface area contributed by atoms with Gasteiger partial charge in [-0.05, 0) is 12.5 Å². The summed E-state index contributed by atoms with van der Waals surface area (Å²) in [4.78, 5) is 4.46. The molecule has 2 unspecified atom stereocenters. The Hall–Kier alpha value is -3.47. The Balaban J connectivity index is 1.64. The first kappa shape index (κ1) is 22.7. The Morgan fingerprint density at radius 1 is 1.03 bits per heavy atom. The molecule has 2 heterocycles. The Morgan fingerprint density at radius 2 is 1.70 bits per heavy atom. The highest BCUT2D eigenvalue weighted by atomic mass is 19.4. The topological polar surface area (TPSA) is 103 Å². The highest BCUT2D eigenvalue weighted by Crippen LogP contribution is 2.38. The summed E-state index contributed by atoms with van der Waals surface area (Å²) in [5, 5.41) is 36.9. The van der Waals surface area contributed by atoms with Crippen LogP contribution in [0.4, 0.5) is 19.0 Å². The minimum atomic E-state index is -5.06. The molecule has 0 aliphatic rings. The fraction of sp³-hybridized carbons (Fsp3) is 0.217. The second kappa shape index (κ2) is 8.47. The average molecular weight is 458 g/mol. The van der Waals surface area contributed by atoms with Crippen LogP contribution in [0.1, 0.15) is 23.0 Å². The molecular formula is C23H21F3N4O3. The number of aromatic nitrogens is 3. The van der Waals surface area contributed by atoms with Crippen LogP contribution in [0.25, 0.3) is 16.9 Å². The summed E-state index contributed by atoms with van der Waals surface area (Å²) < 4.78 is 41.2. The van der Waals surface area contributed by atoms with E-state index in [-0.39, 0.29) is 5.56 Å². The van der Waals surface area contributed by atoms with E-state index in [9.17, 15) is 23.4 Å². The molecule has 2 aromatic heterocycles. The lowest BCUT2D eigenvalue weighted by atomic mass is 9.93. The number of aliphatic hydroxyl groups excluding tert-OH is 2. The highest BCUT2D eigenvalue weighted by molar-refractivity contribution is 5.67. The summed E-state index contributed by atoms with van der Waals surface area (Å²) in [5.74, 6) is 0.333. The first-order chi connectivity index (χ1) is 15.6. The molecular weight excluding hydrogens is 437 g/mol. The number of hydrogen-bond donors (Lipinski definition) is 4. The molecule has 0 saturated heterocycles. The van der Waals surface area contributed by atoms with Crippen LogP contribution in [0.2, 0.25) is 0 Å². The molecule has 4 N–H and O–H groups in total. The van der Waals surface area contributed by atoms with Gasteiger partial charge in [0.25, 0.3) is 0 Å². The Labute approximate surface area is 186 Å². The van der Waals surface area contributed by atoms with E-state index in [0.29, 0.717) is 11.5 Å². The third kappa shape index (κ3) is 4.28. The number of nitrogens with one attached hydrogen (secondary N) is 1. The largest absolute Gasteiger partial charge is 0.423 e. The molecule has 10 heteroatoms. The van der Waals surface area contributed by atoms with E-state index in [2.05, 4.69) is 15.4 Å². The van der Waals surface area contributed by atoms with Crippen LogP contribution in [-0.4, -0.2) is 42.7 Å². The number of benzene rings is 2. The normalized spacial score (nSPS) is 14.8. The molecule has 33 heavy (non-hydrogen) atoms. The molecule has 7 nitrogen and oxygen atoms in total. The van der Waals surface area contributed by atoms with Gasteiger partial charge in [0.15, 0.2) is 11.9 Å². The zero-order valence-electron chi connectivity index (χ0n) is 17.5. The van der Waals surface area contributed by atoms with E-state index in [1.807, 2.05) is 37.3 Å². The van der Waals surface area contributed by atoms with Crippen molar-refractivity contribution >= 4 is 11.5 Å². The van der Waals surface area contributed by atoms with E-state index in [1.54, 1.807) is 16.6 Å². The van der Waals surface area contributed by atoms with Crippen LogP contribution in [-0.2, 0) is 5.60 Å². The maximum Gasteiger partial charge on any atom is 0.423 e. The van der Waals surface area contributed by atoms with Gasteiger partial charge in [-0.2, -0.15) is 18.3 Å². The Kier molecular flexibility index (Phi) is 5.83. The van der Waals surface area contributed by atoms with Crippen molar-refractivity contribution in [3.8, 4) is 11.3 Å². The molecule has 2 aromatic carbocycles. The van der Waals surface area contributed by atoms with Gasteiger partial charge in [0.1, 0.15) is 5.82 Å². The number of halogens is 3. The van der Waals surface area contributed by atoms with Crippen LogP contribution >= 0.6 is 0 Å². The predicted octanol–water partition coefficient (Wildman–Crippen LogP) is 3.55. The number of hydrogen-bond acceptors (Lipinski definition) is 6. The second-order valence-electron chi connectivity index (χ2n) is 7.63. The van der Waals surface area contributed by atoms with Crippen LogP contribution < -0.4 is 5.32 Å². The summed E-state index contributed by atoms with van der Waals surface area (Å²) >= 11 is 0. The fourth-order valence-electron chi connectivity index (χ4n) is 3.49. The third-order valence-electron chi connectivity index (χ3n) is 5.31. The van der Waals surface area contributed by atoms with E-state index >= 15 is 0 Å². The molecule has 0 fully saturated rings. The zero-order valence-corrected chi connectivity index (χ0v) is 17.5. The van der Waals surface area contributed by atoms with Gasteiger partial charge in [-0.3, -0.25) is 0 Å². The van der Waals surface area contributed by atoms with E-state index < -0.39 is 30.2 Å². The lowest BCUT2D eigenvalue weighted by molar-refractivity contribution is -0.277. The molecule has 4 aromatic rings. The van der Waals surface area contributed by atoms with Crippen LogP contribution in [0.15, 0.2) is 66.7 Å². The molecule has 172 valence electrons. The first-order valence-electron chi connectivity index (χ1n) is 10.0. The fourth-order valence-corrected chi connectivity index (χ4v) is 3.49. The van der Waals surface area contributed by atoms with Gasteiger partial charge < -0.3 is 20.6 Å². The Bertz CT molecular complexity index is 1260. The number of nitrogens with zero attached hydrogens (tertiary/aromatic N) is 3. The standard InChI is InChI=1S/C23H21F3N4O3/c1-14-11-20-27-19(12-18(30(20)29-14)15-5-3-2-4-6-15)28-21(32)16-7-9-17(10-8-16)22(33,13-31)23(24,25)26/h2-12,21,31-33H,13H2,1H3,(H,27,28). The van der Waals surface area contributed by atoms with Gasteiger partial charge in [-0.15, -0.1) is 0 Å². The molecule has 0 spiro atoms. The SMILES string of the molecule is Cc1cc2nc(NC(O)c3ccc(C(O)(CO)C(F)(F)F)cc3)cc(-c3ccccc3)n2n1. The number of aryl methyl sites for hydroxylation is 1. The van der Waals surface area contributed by atoms with Gasteiger partial charge in [-0.1, -0.05) is 54.6 Å². The minimum absolute atomic E-state index is 0.244. The molecule has 4 rings (SSSR count). The molecule has 0 bridgehead atoms. The number of alkyl halides is 3. The lowest BCUT2D eigenvalue weighted by Gasteiger charge is -2.29. The van der Waals surface area contributed by atoms with E-state index in [0.717, 1.165) is 29.1 Å². The highest BCUT2D eigenvalue weighted by Gasteiger charge is 2.54. The maximum atomic E-state index is 13.2. The van der Waals surface area contributed by atoms with Gasteiger partial charge in [0.2, 0.25) is 5.60 Å². The van der Waals surface area contributed by atoms with Crippen LogP contribution in [0.3, 0.4) is 0 Å². The molecule has 0 saturated carbocycles. The van der Waals surface area contributed by atoms with Crippen LogP contribution in [0, 0.1) is 6.92 Å². The summed E-state index contributed by atoms with van der Waals surface area (Å²) in [6.07, 6.45) is -6.36. The van der Waals surface area contributed by atoms with Crippen LogP contribution in [0.5, 0.6) is 0 Å². The summed E-state index contributed by atoms with van der Waals surface area (Å²) in [5.41, 5.74) is -0.752. The minimum Gasteiger partial charge on any atom is -0.393 e. The van der Waals surface area contributed by atoms with Crippen molar-refractivity contribution in [3.05, 3.63) is 83.6 Å². The molecule has 0 radical (unpaired) electrons. The maximum absolute atomic E-state index is 13.2. The van der Waals surface area contributed by atoms with Gasteiger partial charge >= 0.3 is 6.18 Å². The molecule has 0 aliphatic carbocycles. The molecule has 0 aliphatic heterocycles. The predicted molar refractivity (Wildman–Crippen MR) is 115 cm³/mol. The van der Waals surface area contributed by atoms with Crippen molar-refractivity contribution in [1.29, 1.82) is 0 Å². The number of rotatable bonds is 6. The molecule has 2 atom stereocenters.